The summed E-state index contributed by atoms with van der Waals surface area (Å²) < 4.78 is 0. The molecule has 0 bridgehead atoms. The summed E-state index contributed by atoms with van der Waals surface area (Å²) in [4.78, 5) is 7.96. The zero-order chi connectivity index (χ0) is 12.3. The molecule has 0 aromatic carbocycles. The second-order valence-corrected chi connectivity index (χ2v) is 5.19. The first-order chi connectivity index (χ1) is 8.18. The summed E-state index contributed by atoms with van der Waals surface area (Å²) in [6.07, 6.45) is 6.74. The molecule has 5 heteroatoms. The van der Waals surface area contributed by atoms with E-state index in [1.54, 1.807) is 0 Å². The molecule has 2 atom stereocenters. The molecule has 1 aliphatic rings. The Hall–Kier alpha value is -1.03. The molecule has 1 heterocycles. The van der Waals surface area contributed by atoms with Crippen LogP contribution in [0.3, 0.4) is 0 Å². The Morgan fingerprint density at radius 2 is 2.18 bits per heavy atom. The molecule has 1 fully saturated rings. The standard InChI is InChI=1S/C12H19ClN4/c1-8-4-2-3-5-9(8)6-15-12-10(14)11(13)16-7-17-12/h7-9H,2-6,14H2,1H3,(H,15,16,17). The minimum Gasteiger partial charge on any atom is -0.393 e. The molecule has 4 nitrogen and oxygen atoms in total. The van der Waals surface area contributed by atoms with E-state index in [4.69, 9.17) is 17.3 Å². The van der Waals surface area contributed by atoms with Crippen LogP contribution in [0.4, 0.5) is 11.5 Å². The third-order valence-corrected chi connectivity index (χ3v) is 3.96. The summed E-state index contributed by atoms with van der Waals surface area (Å²) in [5, 5.41) is 3.61. The van der Waals surface area contributed by atoms with Crippen LogP contribution in [0.25, 0.3) is 0 Å². The number of hydrogen-bond acceptors (Lipinski definition) is 4. The number of aromatic nitrogens is 2. The minimum absolute atomic E-state index is 0.319. The summed E-state index contributed by atoms with van der Waals surface area (Å²) in [7, 11) is 0. The van der Waals surface area contributed by atoms with Gasteiger partial charge in [-0.05, 0) is 18.3 Å². The molecule has 3 N–H and O–H groups in total. The van der Waals surface area contributed by atoms with Crippen molar-refractivity contribution in [1.82, 2.24) is 9.97 Å². The predicted molar refractivity (Wildman–Crippen MR) is 71.1 cm³/mol. The molecule has 94 valence electrons. The normalized spacial score (nSPS) is 24.6. The lowest BCUT2D eigenvalue weighted by molar-refractivity contribution is 0.268. The monoisotopic (exact) mass is 254 g/mol. The van der Waals surface area contributed by atoms with Gasteiger partial charge in [0.2, 0.25) is 0 Å². The van der Waals surface area contributed by atoms with Gasteiger partial charge in [-0.25, -0.2) is 9.97 Å². The van der Waals surface area contributed by atoms with Crippen LogP contribution in [0.2, 0.25) is 5.15 Å². The van der Waals surface area contributed by atoms with Gasteiger partial charge in [0.15, 0.2) is 11.0 Å². The van der Waals surface area contributed by atoms with Gasteiger partial charge in [-0.1, -0.05) is 37.8 Å². The molecule has 0 radical (unpaired) electrons. The Bertz CT molecular complexity index is 383. The van der Waals surface area contributed by atoms with Gasteiger partial charge < -0.3 is 11.1 Å². The fraction of sp³-hybridized carbons (Fsp3) is 0.667. The van der Waals surface area contributed by atoms with Crippen LogP contribution >= 0.6 is 11.6 Å². The van der Waals surface area contributed by atoms with Crippen molar-refractivity contribution in [2.75, 3.05) is 17.6 Å². The fourth-order valence-electron chi connectivity index (χ4n) is 2.44. The fourth-order valence-corrected chi connectivity index (χ4v) is 2.57. The zero-order valence-corrected chi connectivity index (χ0v) is 10.9. The van der Waals surface area contributed by atoms with E-state index in [1.807, 2.05) is 0 Å². The number of nitrogens with one attached hydrogen (secondary N) is 1. The Morgan fingerprint density at radius 3 is 2.94 bits per heavy atom. The van der Waals surface area contributed by atoms with Gasteiger partial charge in [0.25, 0.3) is 0 Å². The second kappa shape index (κ2) is 5.54. The van der Waals surface area contributed by atoms with Crippen LogP contribution in [-0.2, 0) is 0 Å². The molecule has 0 aliphatic heterocycles. The molecule has 1 aliphatic carbocycles. The Kier molecular flexibility index (Phi) is 4.05. The van der Waals surface area contributed by atoms with E-state index in [9.17, 15) is 0 Å². The number of anilines is 2. The molecular formula is C12H19ClN4. The lowest BCUT2D eigenvalue weighted by atomic mass is 9.80. The molecule has 1 aromatic heterocycles. The van der Waals surface area contributed by atoms with Gasteiger partial charge in [-0.2, -0.15) is 0 Å². The molecule has 0 amide bonds. The number of nitrogen functional groups attached to an aromatic ring is 1. The summed E-state index contributed by atoms with van der Waals surface area (Å²) in [5.74, 6) is 2.13. The third-order valence-electron chi connectivity index (χ3n) is 3.66. The van der Waals surface area contributed by atoms with Crippen LogP contribution in [0.15, 0.2) is 6.33 Å². The van der Waals surface area contributed by atoms with Crippen LogP contribution in [0.1, 0.15) is 32.6 Å². The number of hydrogen-bond donors (Lipinski definition) is 2. The number of nitrogens with zero attached hydrogens (tertiary/aromatic N) is 2. The summed E-state index contributed by atoms with van der Waals surface area (Å²) in [5.41, 5.74) is 6.26. The first-order valence-electron chi connectivity index (χ1n) is 6.18. The molecule has 1 saturated carbocycles. The highest BCUT2D eigenvalue weighted by molar-refractivity contribution is 6.32. The number of nitrogens with two attached hydrogens (primary N) is 1. The highest BCUT2D eigenvalue weighted by Crippen LogP contribution is 2.30. The van der Waals surface area contributed by atoms with Gasteiger partial charge in [0.05, 0.1) is 0 Å². The lowest BCUT2D eigenvalue weighted by Gasteiger charge is -2.29. The molecular weight excluding hydrogens is 236 g/mol. The smallest absolute Gasteiger partial charge is 0.157 e. The van der Waals surface area contributed by atoms with Crippen molar-refractivity contribution in [3.8, 4) is 0 Å². The van der Waals surface area contributed by atoms with E-state index in [0.717, 1.165) is 12.5 Å². The van der Waals surface area contributed by atoms with Gasteiger partial charge in [0.1, 0.15) is 12.0 Å². The van der Waals surface area contributed by atoms with Crippen LogP contribution < -0.4 is 11.1 Å². The van der Waals surface area contributed by atoms with Gasteiger partial charge in [-0.15, -0.1) is 0 Å². The van der Waals surface area contributed by atoms with Crippen LogP contribution in [0.5, 0.6) is 0 Å². The maximum absolute atomic E-state index is 5.85. The maximum Gasteiger partial charge on any atom is 0.157 e. The van der Waals surface area contributed by atoms with Gasteiger partial charge in [-0.3, -0.25) is 0 Å². The summed E-state index contributed by atoms with van der Waals surface area (Å²) in [6.45, 7) is 3.24. The zero-order valence-electron chi connectivity index (χ0n) is 10.1. The molecule has 2 unspecified atom stereocenters. The average molecular weight is 255 g/mol. The van der Waals surface area contributed by atoms with Gasteiger partial charge in [0, 0.05) is 6.54 Å². The Labute approximate surface area is 107 Å². The van der Waals surface area contributed by atoms with Crippen molar-refractivity contribution >= 4 is 23.1 Å². The highest BCUT2D eigenvalue weighted by Gasteiger charge is 2.21. The molecule has 17 heavy (non-hydrogen) atoms. The van der Waals surface area contributed by atoms with Crippen LogP contribution in [-0.4, -0.2) is 16.5 Å². The lowest BCUT2D eigenvalue weighted by Crippen LogP contribution is -2.25. The second-order valence-electron chi connectivity index (χ2n) is 4.83. The molecule has 1 aromatic rings. The van der Waals surface area contributed by atoms with Gasteiger partial charge >= 0.3 is 0 Å². The predicted octanol–water partition coefficient (Wildman–Crippen LogP) is 2.95. The molecule has 2 rings (SSSR count). The minimum atomic E-state index is 0.319. The number of halogens is 1. The van der Waals surface area contributed by atoms with E-state index in [2.05, 4.69) is 22.2 Å². The van der Waals surface area contributed by atoms with Crippen molar-refractivity contribution < 1.29 is 0 Å². The summed E-state index contributed by atoms with van der Waals surface area (Å²) in [6, 6.07) is 0. The van der Waals surface area contributed by atoms with E-state index < -0.39 is 0 Å². The van der Waals surface area contributed by atoms with E-state index >= 15 is 0 Å². The van der Waals surface area contributed by atoms with Crippen molar-refractivity contribution in [2.45, 2.75) is 32.6 Å². The van der Waals surface area contributed by atoms with Crippen LogP contribution in [0, 0.1) is 11.8 Å². The largest absolute Gasteiger partial charge is 0.393 e. The van der Waals surface area contributed by atoms with E-state index in [-0.39, 0.29) is 0 Å². The quantitative estimate of drug-likeness (QED) is 0.814. The summed E-state index contributed by atoms with van der Waals surface area (Å²) >= 11 is 5.85. The van der Waals surface area contributed by atoms with E-state index in [0.29, 0.717) is 22.6 Å². The topological polar surface area (TPSA) is 63.8 Å². The number of rotatable bonds is 3. The van der Waals surface area contributed by atoms with Crippen molar-refractivity contribution in [3.63, 3.8) is 0 Å². The van der Waals surface area contributed by atoms with E-state index in [1.165, 1.54) is 32.0 Å². The van der Waals surface area contributed by atoms with Crippen molar-refractivity contribution in [1.29, 1.82) is 0 Å². The third kappa shape index (κ3) is 3.00. The van der Waals surface area contributed by atoms with Crippen molar-refractivity contribution in [3.05, 3.63) is 11.5 Å². The Morgan fingerprint density at radius 1 is 1.41 bits per heavy atom. The Balaban J connectivity index is 1.95. The molecule has 0 saturated heterocycles. The molecule has 0 spiro atoms. The van der Waals surface area contributed by atoms with Crippen molar-refractivity contribution in [2.24, 2.45) is 11.8 Å². The first-order valence-corrected chi connectivity index (χ1v) is 6.56. The SMILES string of the molecule is CC1CCCCC1CNc1ncnc(Cl)c1N. The maximum atomic E-state index is 5.85. The highest BCUT2D eigenvalue weighted by atomic mass is 35.5. The average Bonchev–Trinajstić information content (AvgIpc) is 2.33. The first kappa shape index (κ1) is 12.4.